The maximum Gasteiger partial charge on any atom is 0.337 e. The van der Waals surface area contributed by atoms with Crippen LogP contribution in [0.1, 0.15) is 34.8 Å². The van der Waals surface area contributed by atoms with Crippen molar-refractivity contribution in [2.75, 3.05) is 32.6 Å². The van der Waals surface area contributed by atoms with Crippen molar-refractivity contribution < 1.29 is 19.1 Å². The second kappa shape index (κ2) is 8.68. The molecule has 2 aromatic carbocycles. The van der Waals surface area contributed by atoms with E-state index in [1.54, 1.807) is 31.4 Å². The summed E-state index contributed by atoms with van der Waals surface area (Å²) in [4.78, 5) is 26.3. The molecule has 6 nitrogen and oxygen atoms in total. The second-order valence-electron chi connectivity index (χ2n) is 6.53. The first-order chi connectivity index (χ1) is 13.1. The number of hydrogen-bond donors (Lipinski definition) is 1. The normalized spacial score (nSPS) is 16.7. The van der Waals surface area contributed by atoms with Gasteiger partial charge in [-0.3, -0.25) is 9.69 Å². The summed E-state index contributed by atoms with van der Waals surface area (Å²) in [6, 6.07) is 14.9. The van der Waals surface area contributed by atoms with Crippen molar-refractivity contribution >= 4 is 17.6 Å². The predicted octanol–water partition coefficient (Wildman–Crippen LogP) is 3.26. The zero-order chi connectivity index (χ0) is 19.2. The lowest BCUT2D eigenvalue weighted by Gasteiger charge is -2.24. The Kier molecular flexibility index (Phi) is 6.08. The first-order valence-electron chi connectivity index (χ1n) is 8.97. The van der Waals surface area contributed by atoms with E-state index in [0.29, 0.717) is 17.8 Å². The summed E-state index contributed by atoms with van der Waals surface area (Å²) in [5, 5.41) is 2.87. The number of ether oxygens (including phenoxy) is 2. The maximum atomic E-state index is 12.5. The summed E-state index contributed by atoms with van der Waals surface area (Å²) in [7, 11) is 2.99. The van der Waals surface area contributed by atoms with Gasteiger partial charge in [-0.1, -0.05) is 18.2 Å². The Hall–Kier alpha value is -2.86. The van der Waals surface area contributed by atoms with Crippen molar-refractivity contribution in [1.29, 1.82) is 0 Å². The number of carbonyl (C=O) groups is 2. The van der Waals surface area contributed by atoms with Crippen molar-refractivity contribution in [2.24, 2.45) is 0 Å². The minimum absolute atomic E-state index is 0.105. The Balaban J connectivity index is 1.65. The Labute approximate surface area is 159 Å². The number of rotatable bonds is 6. The molecule has 0 saturated carbocycles. The molecule has 1 unspecified atom stereocenters. The third kappa shape index (κ3) is 4.65. The summed E-state index contributed by atoms with van der Waals surface area (Å²) in [5.41, 5.74) is 2.15. The number of esters is 1. The van der Waals surface area contributed by atoms with Gasteiger partial charge in [-0.25, -0.2) is 4.79 Å². The van der Waals surface area contributed by atoms with Crippen LogP contribution in [0.3, 0.4) is 0 Å². The molecule has 3 rings (SSSR count). The molecule has 1 atom stereocenters. The van der Waals surface area contributed by atoms with Gasteiger partial charge in [-0.15, -0.1) is 0 Å². The zero-order valence-corrected chi connectivity index (χ0v) is 15.6. The van der Waals surface area contributed by atoms with Crippen molar-refractivity contribution in [1.82, 2.24) is 4.90 Å². The van der Waals surface area contributed by atoms with Gasteiger partial charge < -0.3 is 14.8 Å². The monoisotopic (exact) mass is 368 g/mol. The SMILES string of the molecule is COC(=O)c1cccc(NC(=O)CN2CCCC2c2cccc(OC)c2)c1. The van der Waals surface area contributed by atoms with E-state index >= 15 is 0 Å². The van der Waals surface area contributed by atoms with Crippen LogP contribution in [0.2, 0.25) is 0 Å². The molecule has 27 heavy (non-hydrogen) atoms. The number of likely N-dealkylation sites (tertiary alicyclic amines) is 1. The molecule has 0 spiro atoms. The highest BCUT2D eigenvalue weighted by atomic mass is 16.5. The maximum absolute atomic E-state index is 12.5. The molecule has 1 aliphatic heterocycles. The van der Waals surface area contributed by atoms with E-state index in [1.807, 2.05) is 18.2 Å². The molecular weight excluding hydrogens is 344 g/mol. The fraction of sp³-hybridized carbons (Fsp3) is 0.333. The molecule has 142 valence electrons. The van der Waals surface area contributed by atoms with E-state index < -0.39 is 5.97 Å². The molecule has 2 aromatic rings. The molecule has 1 heterocycles. The molecule has 1 saturated heterocycles. The first kappa shape index (κ1) is 18.9. The molecule has 6 heteroatoms. The van der Waals surface area contributed by atoms with Gasteiger partial charge >= 0.3 is 5.97 Å². The highest BCUT2D eigenvalue weighted by Crippen LogP contribution is 2.33. The number of anilines is 1. The van der Waals surface area contributed by atoms with Gasteiger partial charge in [0.2, 0.25) is 5.91 Å². The lowest BCUT2D eigenvalue weighted by molar-refractivity contribution is -0.117. The number of benzene rings is 2. The molecule has 1 amide bonds. The van der Waals surface area contributed by atoms with Crippen molar-refractivity contribution in [2.45, 2.75) is 18.9 Å². The fourth-order valence-electron chi connectivity index (χ4n) is 3.47. The lowest BCUT2D eigenvalue weighted by atomic mass is 10.0. The third-order valence-corrected chi connectivity index (χ3v) is 4.76. The summed E-state index contributed by atoms with van der Waals surface area (Å²) in [6.45, 7) is 1.17. The van der Waals surface area contributed by atoms with Gasteiger partial charge in [0.05, 0.1) is 26.3 Å². The molecule has 1 N–H and O–H groups in total. The second-order valence-corrected chi connectivity index (χ2v) is 6.53. The van der Waals surface area contributed by atoms with E-state index in [1.165, 1.54) is 7.11 Å². The molecule has 0 aromatic heterocycles. The van der Waals surface area contributed by atoms with Crippen LogP contribution in [0.15, 0.2) is 48.5 Å². The highest BCUT2D eigenvalue weighted by Gasteiger charge is 2.27. The number of nitrogens with one attached hydrogen (secondary N) is 1. The Morgan fingerprint density at radius 2 is 1.96 bits per heavy atom. The van der Waals surface area contributed by atoms with Gasteiger partial charge in [0.1, 0.15) is 5.75 Å². The van der Waals surface area contributed by atoms with E-state index in [2.05, 4.69) is 16.3 Å². The minimum Gasteiger partial charge on any atom is -0.497 e. The van der Waals surface area contributed by atoms with E-state index in [9.17, 15) is 9.59 Å². The number of methoxy groups -OCH3 is 2. The van der Waals surface area contributed by atoms with Gasteiger partial charge in [0, 0.05) is 11.7 Å². The molecule has 0 radical (unpaired) electrons. The van der Waals surface area contributed by atoms with Gasteiger partial charge in [0.15, 0.2) is 0 Å². The molecule has 0 aliphatic carbocycles. The van der Waals surface area contributed by atoms with Crippen LogP contribution in [-0.4, -0.2) is 44.1 Å². The summed E-state index contributed by atoms with van der Waals surface area (Å²) < 4.78 is 10.0. The zero-order valence-electron chi connectivity index (χ0n) is 15.6. The summed E-state index contributed by atoms with van der Waals surface area (Å²) in [5.74, 6) is 0.291. The van der Waals surface area contributed by atoms with Crippen LogP contribution in [0, 0.1) is 0 Å². The van der Waals surface area contributed by atoms with Crippen molar-refractivity contribution in [3.8, 4) is 5.75 Å². The van der Waals surface area contributed by atoms with Crippen LogP contribution in [0.25, 0.3) is 0 Å². The minimum atomic E-state index is -0.427. The topological polar surface area (TPSA) is 67.9 Å². The van der Waals surface area contributed by atoms with Crippen molar-refractivity contribution in [3.05, 3.63) is 59.7 Å². The van der Waals surface area contributed by atoms with Crippen molar-refractivity contribution in [3.63, 3.8) is 0 Å². The summed E-state index contributed by atoms with van der Waals surface area (Å²) in [6.07, 6.45) is 2.06. The first-order valence-corrected chi connectivity index (χ1v) is 8.97. The molecule has 1 aliphatic rings. The molecule has 1 fully saturated rings. The Bertz CT molecular complexity index is 821. The smallest absolute Gasteiger partial charge is 0.337 e. The Morgan fingerprint density at radius 3 is 2.74 bits per heavy atom. The average Bonchev–Trinajstić information content (AvgIpc) is 3.15. The van der Waals surface area contributed by atoms with Gasteiger partial charge in [0.25, 0.3) is 0 Å². The van der Waals surface area contributed by atoms with Crippen LogP contribution < -0.4 is 10.1 Å². The van der Waals surface area contributed by atoms with Crippen LogP contribution in [0.4, 0.5) is 5.69 Å². The van der Waals surface area contributed by atoms with E-state index in [0.717, 1.165) is 30.7 Å². The number of nitrogens with zero attached hydrogens (tertiary/aromatic N) is 1. The highest BCUT2D eigenvalue weighted by molar-refractivity contribution is 5.95. The van der Waals surface area contributed by atoms with Gasteiger partial charge in [-0.05, 0) is 55.3 Å². The largest absolute Gasteiger partial charge is 0.497 e. The number of carbonyl (C=O) groups excluding carboxylic acids is 2. The number of amides is 1. The van der Waals surface area contributed by atoms with Crippen LogP contribution >= 0.6 is 0 Å². The summed E-state index contributed by atoms with van der Waals surface area (Å²) >= 11 is 0. The van der Waals surface area contributed by atoms with E-state index in [4.69, 9.17) is 9.47 Å². The van der Waals surface area contributed by atoms with Crippen LogP contribution in [-0.2, 0) is 9.53 Å². The fourth-order valence-corrected chi connectivity index (χ4v) is 3.47. The van der Waals surface area contributed by atoms with Gasteiger partial charge in [-0.2, -0.15) is 0 Å². The Morgan fingerprint density at radius 1 is 1.15 bits per heavy atom. The van der Waals surface area contributed by atoms with E-state index in [-0.39, 0.29) is 11.9 Å². The predicted molar refractivity (Wildman–Crippen MR) is 103 cm³/mol. The average molecular weight is 368 g/mol. The molecule has 0 bridgehead atoms. The standard InChI is InChI=1S/C21H24N2O4/c1-26-18-9-4-6-15(13-18)19-10-5-11-23(19)14-20(24)22-17-8-3-7-16(12-17)21(25)27-2/h3-4,6-9,12-13,19H,5,10-11,14H2,1-2H3,(H,22,24). The molecular formula is C21H24N2O4. The number of hydrogen-bond acceptors (Lipinski definition) is 5. The quantitative estimate of drug-likeness (QED) is 0.793. The van der Waals surface area contributed by atoms with Crippen LogP contribution in [0.5, 0.6) is 5.75 Å². The third-order valence-electron chi connectivity index (χ3n) is 4.76. The lowest BCUT2D eigenvalue weighted by Crippen LogP contribution is -2.33.